The van der Waals surface area contributed by atoms with Gasteiger partial charge in [0.15, 0.2) is 9.84 Å². The Labute approximate surface area is 308 Å². The van der Waals surface area contributed by atoms with Gasteiger partial charge in [0.05, 0.1) is 38.5 Å². The van der Waals surface area contributed by atoms with Gasteiger partial charge in [-0.2, -0.15) is 10.2 Å². The molecule has 51 heavy (non-hydrogen) atoms. The van der Waals surface area contributed by atoms with Crippen LogP contribution in [0.4, 0.5) is 0 Å². The van der Waals surface area contributed by atoms with Gasteiger partial charge in [-0.25, -0.2) is 8.42 Å². The maximum atomic E-state index is 11.8. The highest BCUT2D eigenvalue weighted by molar-refractivity contribution is 9.10. The van der Waals surface area contributed by atoms with Crippen molar-refractivity contribution in [1.29, 1.82) is 0 Å². The summed E-state index contributed by atoms with van der Waals surface area (Å²) in [7, 11) is -3.24. The minimum atomic E-state index is -3.24. The molecule has 0 spiro atoms. The zero-order valence-electron chi connectivity index (χ0n) is 29.2. The maximum Gasteiger partial charge on any atom is 0.175 e. The minimum Gasteiger partial charge on any atom is -0.268 e. The van der Waals surface area contributed by atoms with Gasteiger partial charge in [-0.3, -0.25) is 24.3 Å². The number of hydrogen-bond donors (Lipinski definition) is 0. The van der Waals surface area contributed by atoms with Gasteiger partial charge >= 0.3 is 0 Å². The lowest BCUT2D eigenvalue weighted by atomic mass is 10.0. The summed E-state index contributed by atoms with van der Waals surface area (Å²) in [6.07, 6.45) is 17.1. The van der Waals surface area contributed by atoms with E-state index in [2.05, 4.69) is 47.7 Å². The molecule has 6 aromatic rings. The number of benzene rings is 1. The number of rotatable bonds is 7. The van der Waals surface area contributed by atoms with Crippen LogP contribution in [-0.4, -0.2) is 49.2 Å². The molecular formula is C40H42BrN7O2S. The molecule has 0 saturated heterocycles. The van der Waals surface area contributed by atoms with Crippen LogP contribution in [0.15, 0.2) is 101 Å². The van der Waals surface area contributed by atoms with Crippen molar-refractivity contribution in [3.8, 4) is 45.2 Å². The quantitative estimate of drug-likeness (QED) is 0.159. The molecule has 0 atom stereocenters. The van der Waals surface area contributed by atoms with E-state index in [4.69, 9.17) is 15.2 Å². The summed E-state index contributed by atoms with van der Waals surface area (Å²) in [5.74, 6) is 0. The van der Waals surface area contributed by atoms with Gasteiger partial charge in [0.25, 0.3) is 0 Å². The Bertz CT molecular complexity index is 2250. The molecular weight excluding hydrogens is 722 g/mol. The van der Waals surface area contributed by atoms with Crippen molar-refractivity contribution in [2.24, 2.45) is 0 Å². The number of halogens is 1. The van der Waals surface area contributed by atoms with E-state index in [0.29, 0.717) is 17.0 Å². The average Bonchev–Trinajstić information content (AvgIpc) is 3.96. The van der Waals surface area contributed by atoms with Crippen LogP contribution >= 0.6 is 15.9 Å². The molecule has 2 aliphatic rings. The van der Waals surface area contributed by atoms with Crippen molar-refractivity contribution in [2.45, 2.75) is 82.2 Å². The van der Waals surface area contributed by atoms with Crippen molar-refractivity contribution in [1.82, 2.24) is 34.5 Å². The lowest BCUT2D eigenvalue weighted by Gasteiger charge is -2.08. The van der Waals surface area contributed by atoms with E-state index in [1.54, 1.807) is 30.5 Å². The van der Waals surface area contributed by atoms with E-state index in [1.807, 2.05) is 62.4 Å². The highest BCUT2D eigenvalue weighted by Crippen LogP contribution is 2.37. The normalized spacial score (nSPS) is 15.2. The molecule has 0 bridgehead atoms. The van der Waals surface area contributed by atoms with Gasteiger partial charge in [0, 0.05) is 47.4 Å². The van der Waals surface area contributed by atoms with E-state index in [1.165, 1.54) is 44.8 Å². The molecule has 9 nitrogen and oxygen atoms in total. The lowest BCUT2D eigenvalue weighted by Crippen LogP contribution is -2.05. The first-order chi connectivity index (χ1) is 24.6. The Morgan fingerprint density at radius 1 is 0.667 bits per heavy atom. The fourth-order valence-corrected chi connectivity index (χ4v) is 8.15. The first-order valence-corrected chi connectivity index (χ1v) is 20.3. The van der Waals surface area contributed by atoms with Crippen molar-refractivity contribution in [2.75, 3.05) is 6.26 Å². The van der Waals surface area contributed by atoms with Crippen molar-refractivity contribution in [3.63, 3.8) is 0 Å². The molecule has 0 amide bonds. The molecule has 5 heterocycles. The molecule has 1 aromatic carbocycles. The first-order valence-electron chi connectivity index (χ1n) is 17.6. The molecule has 8 rings (SSSR count). The van der Waals surface area contributed by atoms with Crippen LogP contribution in [0.25, 0.3) is 45.2 Å². The SMILES string of the molecule is Cc1cccc(-c2nn(C3CCCC3)cc2-c2ccnc(-c3ccc(S(C)(=O)=O)cc3)c2)n1.Cc1cccc(-c2nn(C3CCCC3)cc2Br)n1. The van der Waals surface area contributed by atoms with E-state index >= 15 is 0 Å². The highest BCUT2D eigenvalue weighted by atomic mass is 79.9. The maximum absolute atomic E-state index is 11.8. The van der Waals surface area contributed by atoms with Gasteiger partial charge in [-0.1, -0.05) is 49.9 Å². The summed E-state index contributed by atoms with van der Waals surface area (Å²) in [5.41, 5.74) is 9.28. The van der Waals surface area contributed by atoms with Crippen LogP contribution < -0.4 is 0 Å². The van der Waals surface area contributed by atoms with Crippen LogP contribution in [0.5, 0.6) is 0 Å². The number of pyridine rings is 3. The Kier molecular flexibility index (Phi) is 10.3. The Balaban J connectivity index is 0.000000190. The molecule has 0 N–H and O–H groups in total. The molecule has 2 saturated carbocycles. The zero-order chi connectivity index (χ0) is 35.5. The summed E-state index contributed by atoms with van der Waals surface area (Å²) in [6.45, 7) is 3.99. The van der Waals surface area contributed by atoms with Crippen molar-refractivity contribution >= 4 is 25.8 Å². The van der Waals surface area contributed by atoms with Crippen LogP contribution in [-0.2, 0) is 9.84 Å². The molecule has 262 valence electrons. The number of hydrogen-bond acceptors (Lipinski definition) is 7. The van der Waals surface area contributed by atoms with Gasteiger partial charge in [0.2, 0.25) is 0 Å². The second-order valence-corrected chi connectivity index (χ2v) is 16.5. The van der Waals surface area contributed by atoms with Gasteiger partial charge in [0.1, 0.15) is 11.4 Å². The highest BCUT2D eigenvalue weighted by Gasteiger charge is 2.23. The van der Waals surface area contributed by atoms with E-state index in [-0.39, 0.29) is 0 Å². The smallest absolute Gasteiger partial charge is 0.175 e. The third-order valence-electron chi connectivity index (χ3n) is 9.73. The second kappa shape index (κ2) is 15.0. The molecule has 0 aliphatic heterocycles. The largest absolute Gasteiger partial charge is 0.268 e. The minimum absolute atomic E-state index is 0.299. The average molecular weight is 765 g/mol. The lowest BCUT2D eigenvalue weighted by molar-refractivity contribution is 0.467. The third kappa shape index (κ3) is 8.05. The van der Waals surface area contributed by atoms with Gasteiger partial charge in [-0.05, 0) is 110 Å². The summed E-state index contributed by atoms with van der Waals surface area (Å²) in [5, 5.41) is 9.70. The fraction of sp³-hybridized carbons (Fsp3) is 0.325. The number of aryl methyl sites for hydroxylation is 2. The molecule has 0 unspecified atom stereocenters. The van der Waals surface area contributed by atoms with Crippen LogP contribution in [0, 0.1) is 13.8 Å². The van der Waals surface area contributed by atoms with Crippen molar-refractivity contribution < 1.29 is 8.42 Å². The van der Waals surface area contributed by atoms with E-state index in [9.17, 15) is 8.42 Å². The summed E-state index contributed by atoms with van der Waals surface area (Å²) < 4.78 is 28.8. The number of sulfone groups is 1. The number of aromatic nitrogens is 7. The first kappa shape index (κ1) is 34.9. The van der Waals surface area contributed by atoms with E-state index < -0.39 is 9.84 Å². The van der Waals surface area contributed by atoms with Gasteiger partial charge < -0.3 is 0 Å². The second-order valence-electron chi connectivity index (χ2n) is 13.6. The zero-order valence-corrected chi connectivity index (χ0v) is 31.6. The Morgan fingerprint density at radius 2 is 1.22 bits per heavy atom. The molecule has 2 aliphatic carbocycles. The van der Waals surface area contributed by atoms with Gasteiger partial charge in [-0.15, -0.1) is 0 Å². The predicted octanol–water partition coefficient (Wildman–Crippen LogP) is 9.63. The third-order valence-corrected chi connectivity index (χ3v) is 11.4. The summed E-state index contributed by atoms with van der Waals surface area (Å²) in [4.78, 5) is 14.1. The predicted molar refractivity (Wildman–Crippen MR) is 205 cm³/mol. The molecule has 0 radical (unpaired) electrons. The molecule has 2 fully saturated rings. The Morgan fingerprint density at radius 3 is 1.78 bits per heavy atom. The fourth-order valence-electron chi connectivity index (χ4n) is 7.03. The van der Waals surface area contributed by atoms with Crippen molar-refractivity contribution in [3.05, 3.63) is 107 Å². The van der Waals surface area contributed by atoms with Crippen LogP contribution in [0.2, 0.25) is 0 Å². The number of nitrogens with zero attached hydrogens (tertiary/aromatic N) is 7. The Hall–Kier alpha value is -4.48. The standard InChI is InChI=1S/C26H26N4O2S.C14H16BrN3/c1-18-6-5-9-24(28-18)26-23(17-30(29-26)21-7-3-4-8-21)20-14-15-27-25(16-20)19-10-12-22(13-11-19)33(2,31)32;1-10-5-4-8-13(16-10)14-12(15)9-18(17-14)11-6-2-3-7-11/h5-6,9-17,21H,3-4,7-8H2,1-2H3;4-5,8-9,11H,2-3,6-7H2,1H3. The molecule has 11 heteroatoms. The van der Waals surface area contributed by atoms with Crippen LogP contribution in [0.3, 0.4) is 0 Å². The molecule has 5 aromatic heterocycles. The van der Waals surface area contributed by atoms with Crippen LogP contribution in [0.1, 0.15) is 74.8 Å². The van der Waals surface area contributed by atoms with E-state index in [0.717, 1.165) is 73.9 Å². The monoisotopic (exact) mass is 763 g/mol. The topological polar surface area (TPSA) is 108 Å². The summed E-state index contributed by atoms with van der Waals surface area (Å²) >= 11 is 3.60. The summed E-state index contributed by atoms with van der Waals surface area (Å²) in [6, 6.07) is 23.9.